The van der Waals surface area contributed by atoms with Crippen LogP contribution in [0, 0.1) is 19.7 Å². The minimum Gasteiger partial charge on any atom is -0.292 e. The molecule has 6 nitrogen and oxygen atoms in total. The van der Waals surface area contributed by atoms with Crippen molar-refractivity contribution in [2.24, 2.45) is 0 Å². The van der Waals surface area contributed by atoms with Crippen molar-refractivity contribution >= 4 is 44.8 Å². The highest BCUT2D eigenvalue weighted by molar-refractivity contribution is 6.31. The second-order valence-electron chi connectivity index (χ2n) is 8.55. The number of fused-ring (bicyclic) bond motifs is 4. The average Bonchev–Trinajstić information content (AvgIpc) is 3.16. The van der Waals surface area contributed by atoms with Crippen molar-refractivity contribution in [3.8, 4) is 5.69 Å². The number of para-hydroxylation sites is 2. The number of aromatic nitrogens is 5. The van der Waals surface area contributed by atoms with Crippen LogP contribution in [0.25, 0.3) is 38.9 Å². The molecule has 6 rings (SSSR count). The number of hydrogen-bond donors (Lipinski definition) is 0. The highest BCUT2D eigenvalue weighted by Gasteiger charge is 2.22. The van der Waals surface area contributed by atoms with Crippen LogP contribution in [0.5, 0.6) is 0 Å². The molecule has 8 heteroatoms. The van der Waals surface area contributed by atoms with E-state index in [1.165, 1.54) is 12.1 Å². The van der Waals surface area contributed by atoms with E-state index in [0.29, 0.717) is 51.3 Å². The quantitative estimate of drug-likeness (QED) is 0.322. The summed E-state index contributed by atoms with van der Waals surface area (Å²) in [4.78, 5) is 28.3. The molecule has 3 aromatic heterocycles. The van der Waals surface area contributed by atoms with E-state index in [2.05, 4.69) is 0 Å². The summed E-state index contributed by atoms with van der Waals surface area (Å²) in [6.07, 6.45) is 0. The first kappa shape index (κ1) is 21.4. The molecule has 0 fully saturated rings. The van der Waals surface area contributed by atoms with Crippen molar-refractivity contribution in [2.75, 3.05) is 0 Å². The molecule has 0 saturated carbocycles. The van der Waals surface area contributed by atoms with E-state index in [1.54, 1.807) is 22.1 Å². The van der Waals surface area contributed by atoms with E-state index in [-0.39, 0.29) is 10.6 Å². The van der Waals surface area contributed by atoms with E-state index in [9.17, 15) is 9.18 Å². The molecule has 0 bridgehead atoms. The fraction of sp³-hybridized carbons (Fsp3) is 0.111. The lowest BCUT2D eigenvalue weighted by atomic mass is 10.1. The summed E-state index contributed by atoms with van der Waals surface area (Å²) in [5, 5.41) is 0.326. The van der Waals surface area contributed by atoms with Crippen LogP contribution < -0.4 is 5.56 Å². The Bertz CT molecular complexity index is 1840. The van der Waals surface area contributed by atoms with Crippen molar-refractivity contribution in [3.63, 3.8) is 0 Å². The highest BCUT2D eigenvalue weighted by Crippen LogP contribution is 2.30. The monoisotopic (exact) mass is 483 g/mol. The second-order valence-corrected chi connectivity index (χ2v) is 8.96. The number of benzene rings is 3. The predicted molar refractivity (Wildman–Crippen MR) is 136 cm³/mol. The summed E-state index contributed by atoms with van der Waals surface area (Å²) in [6, 6.07) is 19.9. The van der Waals surface area contributed by atoms with Crippen LogP contribution in [0.1, 0.15) is 17.0 Å². The average molecular weight is 484 g/mol. The van der Waals surface area contributed by atoms with Gasteiger partial charge in [0.2, 0.25) is 0 Å². The van der Waals surface area contributed by atoms with Crippen molar-refractivity contribution < 1.29 is 4.39 Å². The summed E-state index contributed by atoms with van der Waals surface area (Å²) < 4.78 is 17.3. The molecule has 0 N–H and O–H groups in total. The van der Waals surface area contributed by atoms with Gasteiger partial charge in [0.05, 0.1) is 28.3 Å². The molecule has 0 spiro atoms. The van der Waals surface area contributed by atoms with Gasteiger partial charge in [-0.15, -0.1) is 0 Å². The van der Waals surface area contributed by atoms with Crippen LogP contribution in [-0.2, 0) is 6.54 Å². The number of hydrogen-bond acceptors (Lipinski definition) is 4. The molecule has 0 saturated heterocycles. The van der Waals surface area contributed by atoms with E-state index >= 15 is 0 Å². The normalized spacial score (nSPS) is 11.7. The number of aryl methyl sites for hydroxylation is 2. The smallest absolute Gasteiger partial charge is 0.265 e. The van der Waals surface area contributed by atoms with Gasteiger partial charge in [0.15, 0.2) is 11.3 Å². The summed E-state index contributed by atoms with van der Waals surface area (Å²) in [5.41, 5.74) is 5.11. The third-order valence-corrected chi connectivity index (χ3v) is 6.47. The van der Waals surface area contributed by atoms with Gasteiger partial charge in [0.1, 0.15) is 22.5 Å². The predicted octanol–water partition coefficient (Wildman–Crippen LogP) is 5.74. The molecular formula is C27H19ClFN5O. The first-order chi connectivity index (χ1) is 16.9. The molecule has 0 atom stereocenters. The molecule has 0 radical (unpaired) electrons. The number of nitrogens with zero attached hydrogens (tertiary/aromatic N) is 5. The van der Waals surface area contributed by atoms with Crippen LogP contribution in [0.4, 0.5) is 4.39 Å². The number of halogens is 2. The fourth-order valence-electron chi connectivity index (χ4n) is 4.36. The Hall–Kier alpha value is -4.10. The molecule has 3 heterocycles. The standard InChI is InChI=1S/C27H19ClFN5O/c1-15-7-9-17(10-8-15)14-33-16(2)30-25-23(27(33)35)24-26(32-22-6-4-3-5-21(22)31-24)34(25)18-11-12-20(29)19(28)13-18/h3-13H,14H2,1-2H3. The van der Waals surface area contributed by atoms with Gasteiger partial charge in [-0.25, -0.2) is 19.3 Å². The maximum atomic E-state index is 14.0. The molecule has 0 aliphatic rings. The molecule has 35 heavy (non-hydrogen) atoms. The lowest BCUT2D eigenvalue weighted by molar-refractivity contribution is 0.628. The van der Waals surface area contributed by atoms with Crippen LogP contribution in [0.3, 0.4) is 0 Å². The second kappa shape index (κ2) is 7.99. The molecule has 0 unspecified atom stereocenters. The first-order valence-corrected chi connectivity index (χ1v) is 11.5. The summed E-state index contributed by atoms with van der Waals surface area (Å²) in [5.74, 6) is 0.0159. The van der Waals surface area contributed by atoms with Gasteiger partial charge in [-0.05, 0) is 49.7 Å². The van der Waals surface area contributed by atoms with Gasteiger partial charge >= 0.3 is 0 Å². The Morgan fingerprint density at radius 2 is 1.60 bits per heavy atom. The Kier molecular flexibility index (Phi) is 4.89. The zero-order valence-corrected chi connectivity index (χ0v) is 19.7. The van der Waals surface area contributed by atoms with E-state index in [1.807, 2.05) is 55.5 Å². The van der Waals surface area contributed by atoms with Crippen LogP contribution in [-0.4, -0.2) is 24.1 Å². The van der Waals surface area contributed by atoms with E-state index in [4.69, 9.17) is 26.6 Å². The molecule has 3 aromatic carbocycles. The van der Waals surface area contributed by atoms with Crippen molar-refractivity contribution in [1.29, 1.82) is 0 Å². The molecule has 172 valence electrons. The first-order valence-electron chi connectivity index (χ1n) is 11.1. The van der Waals surface area contributed by atoms with Crippen molar-refractivity contribution in [2.45, 2.75) is 20.4 Å². The van der Waals surface area contributed by atoms with Gasteiger partial charge < -0.3 is 0 Å². The Morgan fingerprint density at radius 1 is 0.886 bits per heavy atom. The Morgan fingerprint density at radius 3 is 2.31 bits per heavy atom. The maximum Gasteiger partial charge on any atom is 0.265 e. The molecular weight excluding hydrogens is 465 g/mol. The molecule has 0 amide bonds. The van der Waals surface area contributed by atoms with E-state index in [0.717, 1.165) is 11.1 Å². The SMILES string of the molecule is Cc1ccc(Cn2c(C)nc3c(c2=O)c2nc4ccccc4nc2n3-c2ccc(F)c(Cl)c2)cc1. The maximum absolute atomic E-state index is 14.0. The lowest BCUT2D eigenvalue weighted by Crippen LogP contribution is -2.24. The number of rotatable bonds is 3. The zero-order valence-electron chi connectivity index (χ0n) is 19.0. The lowest BCUT2D eigenvalue weighted by Gasteiger charge is -2.11. The summed E-state index contributed by atoms with van der Waals surface area (Å²) in [7, 11) is 0. The van der Waals surface area contributed by atoms with E-state index < -0.39 is 5.82 Å². The van der Waals surface area contributed by atoms with Crippen LogP contribution >= 0.6 is 11.6 Å². The topological polar surface area (TPSA) is 65.6 Å². The summed E-state index contributed by atoms with van der Waals surface area (Å²) in [6.45, 7) is 4.20. The van der Waals surface area contributed by atoms with Gasteiger partial charge in [0, 0.05) is 0 Å². The van der Waals surface area contributed by atoms with Gasteiger partial charge in [-0.2, -0.15) is 0 Å². The van der Waals surface area contributed by atoms with Gasteiger partial charge in [-0.1, -0.05) is 53.6 Å². The largest absolute Gasteiger partial charge is 0.292 e. The highest BCUT2D eigenvalue weighted by atomic mass is 35.5. The minimum absolute atomic E-state index is 0.0318. The summed E-state index contributed by atoms with van der Waals surface area (Å²) >= 11 is 6.11. The zero-order chi connectivity index (χ0) is 24.3. The van der Waals surface area contributed by atoms with Crippen LogP contribution in [0.2, 0.25) is 5.02 Å². The fourth-order valence-corrected chi connectivity index (χ4v) is 4.54. The Balaban J connectivity index is 1.71. The molecule has 6 aromatic rings. The van der Waals surface area contributed by atoms with Crippen LogP contribution in [0.15, 0.2) is 71.5 Å². The van der Waals surface area contributed by atoms with Crippen molar-refractivity contribution in [3.05, 3.63) is 105 Å². The van der Waals surface area contributed by atoms with Gasteiger partial charge in [-0.3, -0.25) is 13.9 Å². The van der Waals surface area contributed by atoms with Gasteiger partial charge in [0.25, 0.3) is 5.56 Å². The van der Waals surface area contributed by atoms with Crippen molar-refractivity contribution in [1.82, 2.24) is 24.1 Å². The third kappa shape index (κ3) is 3.47. The third-order valence-electron chi connectivity index (χ3n) is 6.18. The molecule has 0 aliphatic heterocycles. The minimum atomic E-state index is -0.530. The Labute approximate surface area is 204 Å². The molecule has 0 aliphatic carbocycles.